The molecular formula is C9H15N5O2. The molecule has 0 aliphatic heterocycles. The maximum Gasteiger partial charge on any atom is 0.242 e. The quantitative estimate of drug-likeness (QED) is 0.567. The fourth-order valence-corrected chi connectivity index (χ4v) is 1.12. The molecule has 1 unspecified atom stereocenters. The Morgan fingerprint density at radius 3 is 2.81 bits per heavy atom. The van der Waals surface area contributed by atoms with Crippen molar-refractivity contribution < 1.29 is 9.59 Å². The summed E-state index contributed by atoms with van der Waals surface area (Å²) in [7, 11) is 3.23. The van der Waals surface area contributed by atoms with Crippen LogP contribution in [0.3, 0.4) is 0 Å². The van der Waals surface area contributed by atoms with Gasteiger partial charge in [0.2, 0.25) is 11.8 Å². The van der Waals surface area contributed by atoms with Crippen LogP contribution in [0.2, 0.25) is 0 Å². The van der Waals surface area contributed by atoms with Crippen molar-refractivity contribution >= 4 is 11.8 Å². The number of carbonyl (C=O) groups excluding carboxylic acids is 2. The number of likely N-dealkylation sites (N-methyl/N-ethyl adjacent to an activating group) is 1. The highest BCUT2D eigenvalue weighted by Crippen LogP contribution is 2.07. The lowest BCUT2D eigenvalue weighted by Gasteiger charge is -2.09. The van der Waals surface area contributed by atoms with E-state index in [4.69, 9.17) is 5.73 Å². The van der Waals surface area contributed by atoms with Gasteiger partial charge in [0.1, 0.15) is 6.04 Å². The Hall–Kier alpha value is -1.89. The second-order valence-electron chi connectivity index (χ2n) is 3.32. The molecule has 16 heavy (non-hydrogen) atoms. The van der Waals surface area contributed by atoms with E-state index in [1.807, 2.05) is 0 Å². The summed E-state index contributed by atoms with van der Waals surface area (Å²) in [6.45, 7) is -0.0801. The fourth-order valence-electron chi connectivity index (χ4n) is 1.12. The van der Waals surface area contributed by atoms with Crippen molar-refractivity contribution in [2.24, 2.45) is 12.8 Å². The van der Waals surface area contributed by atoms with Crippen LogP contribution in [-0.2, 0) is 16.6 Å². The van der Waals surface area contributed by atoms with Crippen molar-refractivity contribution in [3.05, 3.63) is 18.0 Å². The monoisotopic (exact) mass is 225 g/mol. The summed E-state index contributed by atoms with van der Waals surface area (Å²) in [6, 6.07) is -0.807. The normalized spacial score (nSPS) is 11.9. The minimum Gasteiger partial charge on any atom is -0.358 e. The highest BCUT2D eigenvalue weighted by atomic mass is 16.2. The van der Waals surface area contributed by atoms with Gasteiger partial charge in [-0.3, -0.25) is 14.3 Å². The molecule has 0 spiro atoms. The van der Waals surface area contributed by atoms with Crippen molar-refractivity contribution in [3.63, 3.8) is 0 Å². The summed E-state index contributed by atoms with van der Waals surface area (Å²) in [5.74, 6) is -0.677. The van der Waals surface area contributed by atoms with E-state index in [-0.39, 0.29) is 12.5 Å². The van der Waals surface area contributed by atoms with Gasteiger partial charge in [-0.2, -0.15) is 5.10 Å². The topological polar surface area (TPSA) is 102 Å². The highest BCUT2D eigenvalue weighted by Gasteiger charge is 2.17. The summed E-state index contributed by atoms with van der Waals surface area (Å²) in [5, 5.41) is 8.73. The first-order chi connectivity index (χ1) is 7.54. The lowest BCUT2D eigenvalue weighted by atomic mass is 10.1. The van der Waals surface area contributed by atoms with Gasteiger partial charge in [0.05, 0.1) is 12.7 Å². The van der Waals surface area contributed by atoms with E-state index >= 15 is 0 Å². The Balaban J connectivity index is 2.51. The average molecular weight is 225 g/mol. The molecule has 0 aromatic carbocycles. The standard InChI is InChI=1S/C9H15N5O2/c1-11-7(15)4-12-9(16)8(10)6-3-13-14(2)5-6/h3,5,8H,4,10H2,1-2H3,(H,11,15)(H,12,16). The predicted octanol–water partition coefficient (Wildman–Crippen LogP) is -1.72. The number of rotatable bonds is 4. The van der Waals surface area contributed by atoms with Crippen LogP contribution >= 0.6 is 0 Å². The summed E-state index contributed by atoms with van der Waals surface area (Å²) in [5.41, 5.74) is 6.29. The molecule has 0 saturated heterocycles. The zero-order valence-corrected chi connectivity index (χ0v) is 9.23. The van der Waals surface area contributed by atoms with Crippen LogP contribution in [0.5, 0.6) is 0 Å². The molecule has 1 rings (SSSR count). The van der Waals surface area contributed by atoms with Crippen molar-refractivity contribution in [2.45, 2.75) is 6.04 Å². The van der Waals surface area contributed by atoms with Gasteiger partial charge in [0, 0.05) is 25.9 Å². The molecule has 0 fully saturated rings. The Kier molecular flexibility index (Phi) is 4.01. The van der Waals surface area contributed by atoms with Crippen LogP contribution in [0.4, 0.5) is 0 Å². The maximum absolute atomic E-state index is 11.5. The fraction of sp³-hybridized carbons (Fsp3) is 0.444. The molecule has 1 heterocycles. The predicted molar refractivity (Wildman–Crippen MR) is 57.2 cm³/mol. The number of hydrogen-bond acceptors (Lipinski definition) is 4. The van der Waals surface area contributed by atoms with E-state index in [0.29, 0.717) is 5.56 Å². The Labute approximate surface area is 93.0 Å². The van der Waals surface area contributed by atoms with Gasteiger partial charge in [-0.25, -0.2) is 0 Å². The summed E-state index contributed by atoms with van der Waals surface area (Å²) in [6.07, 6.45) is 3.17. The van der Waals surface area contributed by atoms with Gasteiger partial charge in [0.15, 0.2) is 0 Å². The molecule has 0 aliphatic carbocycles. The second-order valence-corrected chi connectivity index (χ2v) is 3.32. The molecule has 0 radical (unpaired) electrons. The number of carbonyl (C=O) groups is 2. The van der Waals surface area contributed by atoms with Gasteiger partial charge in [-0.15, -0.1) is 0 Å². The van der Waals surface area contributed by atoms with E-state index in [1.165, 1.54) is 13.2 Å². The summed E-state index contributed by atoms with van der Waals surface area (Å²) < 4.78 is 1.56. The molecule has 1 atom stereocenters. The number of nitrogens with zero attached hydrogens (tertiary/aromatic N) is 2. The molecule has 88 valence electrons. The van der Waals surface area contributed by atoms with E-state index in [9.17, 15) is 9.59 Å². The van der Waals surface area contributed by atoms with Gasteiger partial charge in [-0.05, 0) is 0 Å². The van der Waals surface area contributed by atoms with E-state index in [0.717, 1.165) is 0 Å². The number of aryl methyl sites for hydroxylation is 1. The minimum absolute atomic E-state index is 0.0801. The van der Waals surface area contributed by atoms with Crippen LogP contribution in [0, 0.1) is 0 Å². The molecule has 4 N–H and O–H groups in total. The van der Waals surface area contributed by atoms with Crippen molar-refractivity contribution in [2.75, 3.05) is 13.6 Å². The molecule has 7 nitrogen and oxygen atoms in total. The molecule has 2 amide bonds. The van der Waals surface area contributed by atoms with Gasteiger partial charge >= 0.3 is 0 Å². The summed E-state index contributed by atoms with van der Waals surface area (Å²) >= 11 is 0. The SMILES string of the molecule is CNC(=O)CNC(=O)C(N)c1cnn(C)c1. The van der Waals surface area contributed by atoms with Crippen LogP contribution in [0.15, 0.2) is 12.4 Å². The Bertz CT molecular complexity index is 387. The first kappa shape index (κ1) is 12.2. The second kappa shape index (κ2) is 5.26. The molecule has 0 bridgehead atoms. The number of amides is 2. The molecule has 7 heteroatoms. The van der Waals surface area contributed by atoms with Crippen molar-refractivity contribution in [1.82, 2.24) is 20.4 Å². The summed E-state index contributed by atoms with van der Waals surface area (Å²) in [4.78, 5) is 22.4. The van der Waals surface area contributed by atoms with Gasteiger partial charge in [0.25, 0.3) is 0 Å². The molecule has 1 aromatic heterocycles. The Morgan fingerprint density at radius 2 is 2.31 bits per heavy atom. The average Bonchev–Trinajstić information content (AvgIpc) is 2.71. The van der Waals surface area contributed by atoms with Crippen molar-refractivity contribution in [1.29, 1.82) is 0 Å². The zero-order valence-electron chi connectivity index (χ0n) is 9.23. The highest BCUT2D eigenvalue weighted by molar-refractivity contribution is 5.87. The first-order valence-electron chi connectivity index (χ1n) is 4.77. The number of hydrogen-bond donors (Lipinski definition) is 3. The van der Waals surface area contributed by atoms with Crippen LogP contribution in [0.25, 0.3) is 0 Å². The number of aromatic nitrogens is 2. The molecule has 1 aromatic rings. The number of nitrogens with one attached hydrogen (secondary N) is 2. The van der Waals surface area contributed by atoms with E-state index < -0.39 is 11.9 Å². The maximum atomic E-state index is 11.5. The lowest BCUT2D eigenvalue weighted by molar-refractivity contribution is -0.126. The van der Waals surface area contributed by atoms with E-state index in [1.54, 1.807) is 17.9 Å². The lowest BCUT2D eigenvalue weighted by Crippen LogP contribution is -2.40. The third-order valence-corrected chi connectivity index (χ3v) is 2.07. The minimum atomic E-state index is -0.807. The van der Waals surface area contributed by atoms with Gasteiger partial charge < -0.3 is 16.4 Å². The third kappa shape index (κ3) is 3.06. The number of nitrogens with two attached hydrogens (primary N) is 1. The smallest absolute Gasteiger partial charge is 0.242 e. The largest absolute Gasteiger partial charge is 0.358 e. The molecule has 0 saturated carbocycles. The Morgan fingerprint density at radius 1 is 1.62 bits per heavy atom. The van der Waals surface area contributed by atoms with Crippen LogP contribution in [-0.4, -0.2) is 35.2 Å². The van der Waals surface area contributed by atoms with Crippen molar-refractivity contribution in [3.8, 4) is 0 Å². The van der Waals surface area contributed by atoms with Crippen LogP contribution in [0.1, 0.15) is 11.6 Å². The zero-order chi connectivity index (χ0) is 12.1. The molecule has 0 aliphatic rings. The van der Waals surface area contributed by atoms with Gasteiger partial charge in [-0.1, -0.05) is 0 Å². The third-order valence-electron chi connectivity index (χ3n) is 2.07. The first-order valence-corrected chi connectivity index (χ1v) is 4.77. The van der Waals surface area contributed by atoms with E-state index in [2.05, 4.69) is 15.7 Å². The van der Waals surface area contributed by atoms with Crippen LogP contribution < -0.4 is 16.4 Å². The molecular weight excluding hydrogens is 210 g/mol.